The Morgan fingerprint density at radius 2 is 1.16 bits per heavy atom. The van der Waals surface area contributed by atoms with Crippen molar-refractivity contribution >= 4 is 23.2 Å². The summed E-state index contributed by atoms with van der Waals surface area (Å²) in [6.45, 7) is 3.56. The Kier molecular flexibility index (Phi) is 14.0. The van der Waals surface area contributed by atoms with Crippen LogP contribution < -0.4 is 9.47 Å². The molecule has 14 heteroatoms. The molecule has 2 aliphatic heterocycles. The predicted molar refractivity (Wildman–Crippen MR) is 207 cm³/mol. The van der Waals surface area contributed by atoms with Gasteiger partial charge in [0.15, 0.2) is 0 Å². The molecule has 6 rings (SSSR count). The van der Waals surface area contributed by atoms with E-state index >= 15 is 0 Å². The first-order valence-electron chi connectivity index (χ1n) is 18.6. The van der Waals surface area contributed by atoms with E-state index in [2.05, 4.69) is 0 Å². The van der Waals surface area contributed by atoms with E-state index < -0.39 is 73.9 Å². The van der Waals surface area contributed by atoms with E-state index in [4.69, 9.17) is 46.9 Å². The van der Waals surface area contributed by atoms with Gasteiger partial charge in [-0.1, -0.05) is 65.7 Å². The van der Waals surface area contributed by atoms with Gasteiger partial charge in [-0.05, 0) is 97.0 Å². The van der Waals surface area contributed by atoms with Crippen molar-refractivity contribution in [3.8, 4) is 11.5 Å². The zero-order chi connectivity index (χ0) is 40.1. The summed E-state index contributed by atoms with van der Waals surface area (Å²) in [5, 5.41) is 77.7. The van der Waals surface area contributed by atoms with Gasteiger partial charge >= 0.3 is 0 Å². The number of aliphatic hydroxyl groups is 7. The molecule has 56 heavy (non-hydrogen) atoms. The lowest BCUT2D eigenvalue weighted by atomic mass is 9.86. The molecule has 2 heterocycles. The second-order valence-electron chi connectivity index (χ2n) is 14.0. The number of rotatable bonds is 14. The van der Waals surface area contributed by atoms with Gasteiger partial charge in [0.05, 0.1) is 26.4 Å². The van der Waals surface area contributed by atoms with E-state index in [1.54, 1.807) is 30.3 Å². The number of aliphatic hydroxyl groups excluding tert-OH is 7. The standard InChI is InChI=1S/C42H48Cl2O12/c1-3-52-29-11-5-23(6-12-29)17-26-19-25(9-15-31(26)43)40-38(49)37(48)36(47)34(55-40)22-54-42(41(51)39(50)35(46)33(21-45)56-42)28-10-16-32(44)27(20-28)18-24-7-13-30(14-8-24)53-4-2/h5-16,19-20,33-41,45-51H,3-4,17-18,21-22H2,1-2H3/t33-,34?,35-,36-,37+,38-,39+,40+,41-,42+/m1/s1. The third-order valence-electron chi connectivity index (χ3n) is 10.2. The van der Waals surface area contributed by atoms with Crippen molar-refractivity contribution in [3.63, 3.8) is 0 Å². The molecular formula is C42H48Cl2O12. The first-order chi connectivity index (χ1) is 26.9. The molecule has 0 amide bonds. The number of hydrogen-bond acceptors (Lipinski definition) is 12. The Labute approximate surface area is 335 Å². The summed E-state index contributed by atoms with van der Waals surface area (Å²) < 4.78 is 29.8. The highest BCUT2D eigenvalue weighted by Gasteiger charge is 2.56. The number of benzene rings is 4. The van der Waals surface area contributed by atoms with Crippen molar-refractivity contribution in [2.75, 3.05) is 26.4 Å². The second-order valence-corrected chi connectivity index (χ2v) is 14.8. The fraction of sp³-hybridized carbons (Fsp3) is 0.429. The summed E-state index contributed by atoms with van der Waals surface area (Å²) in [7, 11) is 0. The lowest BCUT2D eigenvalue weighted by molar-refractivity contribution is -0.381. The topological polar surface area (TPSA) is 188 Å². The predicted octanol–water partition coefficient (Wildman–Crippen LogP) is 3.84. The summed E-state index contributed by atoms with van der Waals surface area (Å²) in [6, 6.07) is 24.8. The maximum atomic E-state index is 11.6. The minimum atomic E-state index is -2.24. The van der Waals surface area contributed by atoms with E-state index in [1.807, 2.05) is 62.4 Å². The summed E-state index contributed by atoms with van der Waals surface area (Å²) in [4.78, 5) is 0. The van der Waals surface area contributed by atoms with Crippen LogP contribution in [0.3, 0.4) is 0 Å². The molecule has 10 atom stereocenters. The minimum absolute atomic E-state index is 0.179. The lowest BCUT2D eigenvalue weighted by Gasteiger charge is -2.49. The van der Waals surface area contributed by atoms with Gasteiger partial charge in [-0.25, -0.2) is 0 Å². The number of hydrogen-bond donors (Lipinski definition) is 7. The fourth-order valence-electron chi connectivity index (χ4n) is 7.17. The molecule has 2 saturated heterocycles. The quantitative estimate of drug-likeness (QED) is 0.0977. The van der Waals surface area contributed by atoms with E-state index in [1.165, 1.54) is 6.07 Å². The van der Waals surface area contributed by atoms with Crippen LogP contribution in [0.2, 0.25) is 10.0 Å². The van der Waals surface area contributed by atoms with Gasteiger partial charge in [0.2, 0.25) is 5.79 Å². The Balaban J connectivity index is 1.28. The average Bonchev–Trinajstić information content (AvgIpc) is 3.20. The van der Waals surface area contributed by atoms with Crippen LogP contribution in [-0.4, -0.2) is 111 Å². The summed E-state index contributed by atoms with van der Waals surface area (Å²) in [5.41, 5.74) is 3.82. The van der Waals surface area contributed by atoms with E-state index in [0.29, 0.717) is 53.0 Å². The van der Waals surface area contributed by atoms with Crippen LogP contribution in [-0.2, 0) is 32.8 Å². The highest BCUT2D eigenvalue weighted by atomic mass is 35.5. The number of ether oxygens (including phenoxy) is 5. The van der Waals surface area contributed by atoms with Crippen LogP contribution in [0.4, 0.5) is 0 Å². The molecule has 1 unspecified atom stereocenters. The lowest BCUT2D eigenvalue weighted by Crippen LogP contribution is -2.65. The van der Waals surface area contributed by atoms with Gasteiger partial charge < -0.3 is 59.4 Å². The molecule has 4 aromatic rings. The summed E-state index contributed by atoms with van der Waals surface area (Å²) in [5.74, 6) is -0.798. The van der Waals surface area contributed by atoms with Gasteiger partial charge in [-0.15, -0.1) is 0 Å². The monoisotopic (exact) mass is 814 g/mol. The van der Waals surface area contributed by atoms with E-state index in [0.717, 1.165) is 22.4 Å². The van der Waals surface area contributed by atoms with Gasteiger partial charge in [0, 0.05) is 15.6 Å². The fourth-order valence-corrected chi connectivity index (χ4v) is 7.54. The molecule has 4 aromatic carbocycles. The van der Waals surface area contributed by atoms with Crippen LogP contribution >= 0.6 is 23.2 Å². The average molecular weight is 816 g/mol. The highest BCUT2D eigenvalue weighted by Crippen LogP contribution is 2.43. The van der Waals surface area contributed by atoms with Crippen molar-refractivity contribution < 1.29 is 59.4 Å². The zero-order valence-corrected chi connectivity index (χ0v) is 32.5. The molecular weight excluding hydrogens is 767 g/mol. The second kappa shape index (κ2) is 18.5. The van der Waals surface area contributed by atoms with Crippen LogP contribution in [0, 0.1) is 0 Å². The molecule has 0 aliphatic carbocycles. The largest absolute Gasteiger partial charge is 0.494 e. The van der Waals surface area contributed by atoms with Crippen molar-refractivity contribution in [3.05, 3.63) is 128 Å². The Hall–Kier alpha value is -3.34. The van der Waals surface area contributed by atoms with Crippen LogP contribution in [0.5, 0.6) is 11.5 Å². The van der Waals surface area contributed by atoms with Crippen LogP contribution in [0.25, 0.3) is 0 Å². The highest BCUT2D eigenvalue weighted by molar-refractivity contribution is 6.31. The molecule has 2 aliphatic rings. The van der Waals surface area contributed by atoms with Gasteiger partial charge in [-0.3, -0.25) is 0 Å². The third kappa shape index (κ3) is 9.02. The van der Waals surface area contributed by atoms with Crippen molar-refractivity contribution in [2.45, 2.75) is 87.4 Å². The molecule has 0 bridgehead atoms. The van der Waals surface area contributed by atoms with Crippen molar-refractivity contribution in [2.24, 2.45) is 0 Å². The minimum Gasteiger partial charge on any atom is -0.494 e. The molecule has 2 fully saturated rings. The maximum Gasteiger partial charge on any atom is 0.225 e. The van der Waals surface area contributed by atoms with E-state index in [-0.39, 0.29) is 5.56 Å². The zero-order valence-electron chi connectivity index (χ0n) is 30.9. The van der Waals surface area contributed by atoms with Crippen LogP contribution in [0.15, 0.2) is 84.9 Å². The van der Waals surface area contributed by atoms with Crippen molar-refractivity contribution in [1.29, 1.82) is 0 Å². The third-order valence-corrected chi connectivity index (χ3v) is 11.0. The molecule has 302 valence electrons. The Morgan fingerprint density at radius 3 is 1.71 bits per heavy atom. The molecule has 0 spiro atoms. The van der Waals surface area contributed by atoms with Crippen molar-refractivity contribution in [1.82, 2.24) is 0 Å². The normalized spacial score (nSPS) is 29.2. The van der Waals surface area contributed by atoms with Gasteiger partial charge in [-0.2, -0.15) is 0 Å². The first kappa shape index (κ1) is 42.3. The van der Waals surface area contributed by atoms with Crippen LogP contribution in [0.1, 0.15) is 53.3 Å². The van der Waals surface area contributed by atoms with Gasteiger partial charge in [0.25, 0.3) is 0 Å². The van der Waals surface area contributed by atoms with E-state index in [9.17, 15) is 35.7 Å². The smallest absolute Gasteiger partial charge is 0.225 e. The number of halogens is 2. The molecule has 0 radical (unpaired) electrons. The Bertz CT molecular complexity index is 1890. The summed E-state index contributed by atoms with van der Waals surface area (Å²) >= 11 is 13.2. The summed E-state index contributed by atoms with van der Waals surface area (Å²) in [6.07, 6.45) is -13.4. The SMILES string of the molecule is CCOc1ccc(Cc2cc([C@@H]3OC(CO[C@@]4(c5ccc(Cl)c(Cc6ccc(OCC)cc6)c5)O[C@H](CO)[C@@H](O)[C@H](O)[C@H]4O)[C@@H](O)[C@H](O)[C@H]3O)ccc2Cl)cc1. The maximum absolute atomic E-state index is 11.6. The molecule has 0 saturated carbocycles. The molecule has 0 aromatic heterocycles. The molecule has 7 N–H and O–H groups in total. The Morgan fingerprint density at radius 1 is 0.625 bits per heavy atom. The first-order valence-corrected chi connectivity index (χ1v) is 19.3. The molecule has 12 nitrogen and oxygen atoms in total. The van der Waals surface area contributed by atoms with Gasteiger partial charge in [0.1, 0.15) is 66.4 Å².